The van der Waals surface area contributed by atoms with Crippen LogP contribution in [-0.2, 0) is 4.74 Å². The number of carbonyl (C=O) groups excluding carboxylic acids is 1. The van der Waals surface area contributed by atoms with E-state index in [9.17, 15) is 9.90 Å². The van der Waals surface area contributed by atoms with Gasteiger partial charge in [0.1, 0.15) is 5.75 Å². The first-order valence-electron chi connectivity index (χ1n) is 4.22. The topological polar surface area (TPSA) is 46.5 Å². The zero-order valence-corrected chi connectivity index (χ0v) is 8.76. The monoisotopic (exact) mass is 214 g/mol. The van der Waals surface area contributed by atoms with E-state index < -0.39 is 5.97 Å². The van der Waals surface area contributed by atoms with Crippen molar-refractivity contribution in [3.63, 3.8) is 0 Å². The van der Waals surface area contributed by atoms with Crippen molar-refractivity contribution in [1.82, 2.24) is 0 Å². The van der Waals surface area contributed by atoms with Crippen molar-refractivity contribution in [3.8, 4) is 5.75 Å². The molecule has 1 aromatic rings. The molecule has 1 aromatic carbocycles. The molecule has 0 spiro atoms. The van der Waals surface area contributed by atoms with Gasteiger partial charge in [-0.15, -0.1) is 0 Å². The summed E-state index contributed by atoms with van der Waals surface area (Å²) >= 11 is 5.80. The van der Waals surface area contributed by atoms with Gasteiger partial charge >= 0.3 is 5.97 Å². The van der Waals surface area contributed by atoms with Crippen LogP contribution in [0.4, 0.5) is 0 Å². The highest BCUT2D eigenvalue weighted by atomic mass is 35.5. The normalized spacial score (nSPS) is 9.93. The minimum absolute atomic E-state index is 0.0383. The lowest BCUT2D eigenvalue weighted by Gasteiger charge is -2.07. The molecule has 76 valence electrons. The molecule has 3 nitrogen and oxygen atoms in total. The Morgan fingerprint density at radius 2 is 2.21 bits per heavy atom. The predicted molar refractivity (Wildman–Crippen MR) is 53.8 cm³/mol. The Balaban J connectivity index is 3.13. The number of phenolic OH excluding ortho intramolecular Hbond substituents is 1. The number of hydrogen-bond acceptors (Lipinski definition) is 3. The predicted octanol–water partition coefficient (Wildman–Crippen LogP) is 2.53. The van der Waals surface area contributed by atoms with E-state index in [1.807, 2.05) is 0 Å². The van der Waals surface area contributed by atoms with E-state index in [4.69, 9.17) is 16.3 Å². The fourth-order valence-electron chi connectivity index (χ4n) is 1.09. The quantitative estimate of drug-likeness (QED) is 0.770. The van der Waals surface area contributed by atoms with E-state index >= 15 is 0 Å². The van der Waals surface area contributed by atoms with Crippen LogP contribution in [-0.4, -0.2) is 17.7 Å². The SMILES string of the molecule is CCOC(=O)c1cc(O)cc(Cl)c1C. The molecule has 1 rings (SSSR count). The lowest BCUT2D eigenvalue weighted by Crippen LogP contribution is -2.06. The summed E-state index contributed by atoms with van der Waals surface area (Å²) in [7, 11) is 0. The highest BCUT2D eigenvalue weighted by Crippen LogP contribution is 2.25. The zero-order valence-electron chi connectivity index (χ0n) is 8.00. The Morgan fingerprint density at radius 1 is 1.57 bits per heavy atom. The molecule has 0 aromatic heterocycles. The number of esters is 1. The molecule has 0 aliphatic rings. The van der Waals surface area contributed by atoms with E-state index in [1.165, 1.54) is 12.1 Å². The number of benzene rings is 1. The number of ether oxygens (including phenoxy) is 1. The van der Waals surface area contributed by atoms with Gasteiger partial charge in [0.05, 0.1) is 12.2 Å². The van der Waals surface area contributed by atoms with Gasteiger partial charge in [-0.25, -0.2) is 4.79 Å². The molecular weight excluding hydrogens is 204 g/mol. The first kappa shape index (κ1) is 10.9. The summed E-state index contributed by atoms with van der Waals surface area (Å²) < 4.78 is 4.81. The first-order valence-corrected chi connectivity index (χ1v) is 4.60. The second kappa shape index (κ2) is 4.33. The molecule has 0 unspecified atom stereocenters. The summed E-state index contributed by atoms with van der Waals surface area (Å²) in [6, 6.07) is 2.73. The van der Waals surface area contributed by atoms with Crippen molar-refractivity contribution in [2.75, 3.05) is 6.61 Å². The first-order chi connectivity index (χ1) is 6.56. The summed E-state index contributed by atoms with van der Waals surface area (Å²) in [5, 5.41) is 9.60. The molecular formula is C10H11ClO3. The second-order valence-corrected chi connectivity index (χ2v) is 3.23. The third kappa shape index (κ3) is 2.17. The van der Waals surface area contributed by atoms with E-state index in [1.54, 1.807) is 13.8 Å². The van der Waals surface area contributed by atoms with Gasteiger partial charge in [-0.3, -0.25) is 0 Å². The van der Waals surface area contributed by atoms with Crippen LogP contribution in [0.2, 0.25) is 5.02 Å². The molecule has 0 atom stereocenters. The molecule has 0 fully saturated rings. The van der Waals surface area contributed by atoms with Crippen molar-refractivity contribution in [2.45, 2.75) is 13.8 Å². The number of phenols is 1. The summed E-state index contributed by atoms with van der Waals surface area (Å²) in [5.41, 5.74) is 0.916. The van der Waals surface area contributed by atoms with Crippen molar-refractivity contribution in [2.24, 2.45) is 0 Å². The maximum absolute atomic E-state index is 11.4. The van der Waals surface area contributed by atoms with Gasteiger partial charge in [-0.2, -0.15) is 0 Å². The van der Waals surface area contributed by atoms with E-state index in [0.29, 0.717) is 22.8 Å². The molecule has 0 aliphatic heterocycles. The van der Waals surface area contributed by atoms with E-state index in [-0.39, 0.29) is 5.75 Å². The van der Waals surface area contributed by atoms with Crippen molar-refractivity contribution in [3.05, 3.63) is 28.3 Å². The van der Waals surface area contributed by atoms with Crippen LogP contribution >= 0.6 is 11.6 Å². The minimum Gasteiger partial charge on any atom is -0.508 e. The highest BCUT2D eigenvalue weighted by Gasteiger charge is 2.13. The van der Waals surface area contributed by atoms with E-state index in [0.717, 1.165) is 0 Å². The molecule has 0 bridgehead atoms. The van der Waals surface area contributed by atoms with E-state index in [2.05, 4.69) is 0 Å². The average Bonchev–Trinajstić information content (AvgIpc) is 2.11. The zero-order chi connectivity index (χ0) is 10.7. The number of aromatic hydroxyl groups is 1. The van der Waals surface area contributed by atoms with Crippen LogP contribution in [0.15, 0.2) is 12.1 Å². The number of halogens is 1. The lowest BCUT2D eigenvalue weighted by atomic mass is 10.1. The Hall–Kier alpha value is -1.22. The summed E-state index contributed by atoms with van der Waals surface area (Å²) in [5.74, 6) is -0.508. The fraction of sp³-hybridized carbons (Fsp3) is 0.300. The van der Waals surface area contributed by atoms with Gasteiger partial charge in [0, 0.05) is 5.02 Å². The average molecular weight is 215 g/mol. The maximum atomic E-state index is 11.4. The molecule has 0 aliphatic carbocycles. The standard InChI is InChI=1S/C10H11ClO3/c1-3-14-10(13)8-4-7(12)5-9(11)6(8)2/h4-5,12H,3H2,1-2H3. The smallest absolute Gasteiger partial charge is 0.338 e. The highest BCUT2D eigenvalue weighted by molar-refractivity contribution is 6.32. The van der Waals surface area contributed by atoms with Crippen molar-refractivity contribution >= 4 is 17.6 Å². The number of carbonyl (C=O) groups is 1. The van der Waals surface area contributed by atoms with Gasteiger partial charge < -0.3 is 9.84 Å². The molecule has 0 heterocycles. The second-order valence-electron chi connectivity index (χ2n) is 2.82. The number of rotatable bonds is 2. The summed E-state index contributed by atoms with van der Waals surface area (Å²) in [4.78, 5) is 11.4. The third-order valence-corrected chi connectivity index (χ3v) is 2.22. The summed E-state index contributed by atoms with van der Waals surface area (Å²) in [6.45, 7) is 3.72. The molecule has 1 N–H and O–H groups in total. The summed E-state index contributed by atoms with van der Waals surface area (Å²) in [6.07, 6.45) is 0. The molecule has 0 saturated carbocycles. The lowest BCUT2D eigenvalue weighted by molar-refractivity contribution is 0.0525. The Kier molecular flexibility index (Phi) is 3.36. The third-order valence-electron chi connectivity index (χ3n) is 1.82. The van der Waals surface area contributed by atoms with Crippen LogP contribution in [0.3, 0.4) is 0 Å². The van der Waals surface area contributed by atoms with Crippen LogP contribution < -0.4 is 0 Å². The van der Waals surface area contributed by atoms with Gasteiger partial charge in [-0.1, -0.05) is 11.6 Å². The Labute approximate surface area is 87.3 Å². The van der Waals surface area contributed by atoms with Gasteiger partial charge in [-0.05, 0) is 31.5 Å². The van der Waals surface area contributed by atoms with Crippen LogP contribution in [0.25, 0.3) is 0 Å². The Morgan fingerprint density at radius 3 is 2.79 bits per heavy atom. The van der Waals surface area contributed by atoms with Crippen LogP contribution in [0.1, 0.15) is 22.8 Å². The molecule has 0 radical (unpaired) electrons. The fourth-order valence-corrected chi connectivity index (χ4v) is 1.30. The van der Waals surface area contributed by atoms with Crippen molar-refractivity contribution < 1.29 is 14.6 Å². The molecule has 4 heteroatoms. The van der Waals surface area contributed by atoms with Gasteiger partial charge in [0.2, 0.25) is 0 Å². The van der Waals surface area contributed by atoms with Crippen molar-refractivity contribution in [1.29, 1.82) is 0 Å². The largest absolute Gasteiger partial charge is 0.508 e. The molecule has 0 saturated heterocycles. The molecule has 0 amide bonds. The number of hydrogen-bond donors (Lipinski definition) is 1. The maximum Gasteiger partial charge on any atom is 0.338 e. The van der Waals surface area contributed by atoms with Crippen LogP contribution in [0.5, 0.6) is 5.75 Å². The molecule has 14 heavy (non-hydrogen) atoms. The van der Waals surface area contributed by atoms with Gasteiger partial charge in [0.15, 0.2) is 0 Å². The Bertz CT molecular complexity index is 361. The minimum atomic E-state index is -0.470. The van der Waals surface area contributed by atoms with Gasteiger partial charge in [0.25, 0.3) is 0 Å². The van der Waals surface area contributed by atoms with Crippen LogP contribution in [0, 0.1) is 6.92 Å².